The van der Waals surface area contributed by atoms with Gasteiger partial charge in [-0.15, -0.1) is 0 Å². The van der Waals surface area contributed by atoms with E-state index in [1.807, 2.05) is 31.3 Å². The highest BCUT2D eigenvalue weighted by Gasteiger charge is 2.17. The molecule has 2 aromatic carbocycles. The molecule has 108 valence electrons. The number of benzene rings is 2. The summed E-state index contributed by atoms with van der Waals surface area (Å²) in [6.45, 7) is 0. The van der Waals surface area contributed by atoms with Crippen LogP contribution in [0.15, 0.2) is 53.1 Å². The average molecular weight is 304 g/mol. The van der Waals surface area contributed by atoms with E-state index in [4.69, 9.17) is 16.0 Å². The first kappa shape index (κ1) is 14.1. The lowest BCUT2D eigenvalue weighted by Crippen LogP contribution is -2.18. The number of fused-ring (bicyclic) bond motifs is 1. The van der Waals surface area contributed by atoms with Crippen LogP contribution in [0, 0.1) is 5.82 Å². The van der Waals surface area contributed by atoms with Crippen LogP contribution >= 0.6 is 11.6 Å². The number of likely N-dealkylation sites (N-methyl/N-ethyl adjacent to an activating group) is 1. The zero-order valence-corrected chi connectivity index (χ0v) is 12.3. The van der Waals surface area contributed by atoms with Crippen molar-refractivity contribution >= 4 is 22.6 Å². The van der Waals surface area contributed by atoms with Crippen molar-refractivity contribution in [3.8, 4) is 0 Å². The van der Waals surface area contributed by atoms with Gasteiger partial charge in [0.1, 0.15) is 11.4 Å². The number of halogens is 2. The lowest BCUT2D eigenvalue weighted by atomic mass is 9.98. The van der Waals surface area contributed by atoms with Gasteiger partial charge >= 0.3 is 0 Å². The highest BCUT2D eigenvalue weighted by atomic mass is 35.5. The predicted octanol–water partition coefficient (Wildman–Crippen LogP) is 4.73. The Balaban J connectivity index is 1.97. The molecule has 1 heterocycles. The van der Waals surface area contributed by atoms with Crippen molar-refractivity contribution in [2.75, 3.05) is 7.05 Å². The Morgan fingerprint density at radius 1 is 1.24 bits per heavy atom. The van der Waals surface area contributed by atoms with Gasteiger partial charge in [0.2, 0.25) is 0 Å². The zero-order chi connectivity index (χ0) is 14.8. The number of hydrogen-bond acceptors (Lipinski definition) is 2. The van der Waals surface area contributed by atoms with Crippen LogP contribution in [0.5, 0.6) is 0 Å². The number of furan rings is 1. The van der Waals surface area contributed by atoms with Crippen molar-refractivity contribution < 1.29 is 8.81 Å². The van der Waals surface area contributed by atoms with Crippen molar-refractivity contribution in [1.82, 2.24) is 5.32 Å². The van der Waals surface area contributed by atoms with Crippen molar-refractivity contribution in [3.63, 3.8) is 0 Å². The minimum Gasteiger partial charge on any atom is -0.464 e. The summed E-state index contributed by atoms with van der Waals surface area (Å²) < 4.78 is 19.0. The maximum Gasteiger partial charge on any atom is 0.134 e. The molecular formula is C17H15ClFNO. The standard InChI is InChI=1S/C17H15ClFNO/c1-20-16(9-11-8-12(19)6-7-15(11)18)14-10-21-17-5-3-2-4-13(14)17/h2-8,10,16,20H,9H2,1H3. The van der Waals surface area contributed by atoms with E-state index in [-0.39, 0.29) is 11.9 Å². The van der Waals surface area contributed by atoms with E-state index in [1.165, 1.54) is 12.1 Å². The van der Waals surface area contributed by atoms with Crippen LogP contribution < -0.4 is 5.32 Å². The quantitative estimate of drug-likeness (QED) is 0.754. The molecule has 0 aliphatic heterocycles. The van der Waals surface area contributed by atoms with Gasteiger partial charge in [0.05, 0.1) is 6.26 Å². The number of nitrogens with one attached hydrogen (secondary N) is 1. The summed E-state index contributed by atoms with van der Waals surface area (Å²) in [5.74, 6) is -0.277. The molecule has 4 heteroatoms. The smallest absolute Gasteiger partial charge is 0.134 e. The van der Waals surface area contributed by atoms with E-state index in [1.54, 1.807) is 12.3 Å². The topological polar surface area (TPSA) is 25.2 Å². The van der Waals surface area contributed by atoms with Crippen molar-refractivity contribution in [3.05, 3.63) is 70.7 Å². The molecule has 0 saturated carbocycles. The SMILES string of the molecule is CNC(Cc1cc(F)ccc1Cl)c1coc2ccccc12. The van der Waals surface area contributed by atoms with Gasteiger partial charge in [0.15, 0.2) is 0 Å². The van der Waals surface area contributed by atoms with Crippen molar-refractivity contribution in [1.29, 1.82) is 0 Å². The van der Waals surface area contributed by atoms with Gasteiger partial charge in [-0.2, -0.15) is 0 Å². The fourth-order valence-corrected chi connectivity index (χ4v) is 2.75. The Labute approximate surface area is 127 Å². The minimum absolute atomic E-state index is 0.00736. The van der Waals surface area contributed by atoms with Gasteiger partial charge in [-0.05, 0) is 43.3 Å². The molecule has 3 rings (SSSR count). The molecule has 0 spiro atoms. The summed E-state index contributed by atoms with van der Waals surface area (Å²) in [7, 11) is 1.87. The normalized spacial score (nSPS) is 12.7. The summed E-state index contributed by atoms with van der Waals surface area (Å²) in [4.78, 5) is 0. The van der Waals surface area contributed by atoms with Crippen LogP contribution in [0.3, 0.4) is 0 Å². The van der Waals surface area contributed by atoms with E-state index in [9.17, 15) is 4.39 Å². The Bertz CT molecular complexity index is 768. The van der Waals surface area contributed by atoms with Gasteiger partial charge in [-0.3, -0.25) is 0 Å². The fourth-order valence-electron chi connectivity index (χ4n) is 2.56. The van der Waals surface area contributed by atoms with E-state index >= 15 is 0 Å². The monoisotopic (exact) mass is 303 g/mol. The average Bonchev–Trinajstić information content (AvgIpc) is 2.92. The number of para-hydroxylation sites is 1. The molecule has 0 fully saturated rings. The second-order valence-electron chi connectivity index (χ2n) is 4.97. The lowest BCUT2D eigenvalue weighted by molar-refractivity contribution is 0.561. The van der Waals surface area contributed by atoms with Gasteiger partial charge in [-0.25, -0.2) is 4.39 Å². The maximum atomic E-state index is 13.4. The largest absolute Gasteiger partial charge is 0.464 e. The molecule has 1 N–H and O–H groups in total. The summed E-state index contributed by atoms with van der Waals surface area (Å²) >= 11 is 6.16. The molecule has 2 nitrogen and oxygen atoms in total. The Morgan fingerprint density at radius 2 is 2.05 bits per heavy atom. The lowest BCUT2D eigenvalue weighted by Gasteiger charge is -2.16. The van der Waals surface area contributed by atoms with Gasteiger partial charge in [-0.1, -0.05) is 29.8 Å². The zero-order valence-electron chi connectivity index (χ0n) is 11.6. The van der Waals surface area contributed by atoms with Crippen LogP contribution in [0.4, 0.5) is 4.39 Å². The maximum absolute atomic E-state index is 13.4. The van der Waals surface area contributed by atoms with E-state index in [0.29, 0.717) is 11.4 Å². The van der Waals surface area contributed by atoms with E-state index < -0.39 is 0 Å². The molecule has 0 aliphatic rings. The molecule has 0 radical (unpaired) electrons. The highest BCUT2D eigenvalue weighted by Crippen LogP contribution is 2.30. The second-order valence-corrected chi connectivity index (χ2v) is 5.38. The molecule has 1 unspecified atom stereocenters. The molecule has 0 amide bonds. The second kappa shape index (κ2) is 5.88. The molecule has 3 aromatic rings. The van der Waals surface area contributed by atoms with Crippen molar-refractivity contribution in [2.45, 2.75) is 12.5 Å². The van der Waals surface area contributed by atoms with Gasteiger partial charge in [0.25, 0.3) is 0 Å². The Morgan fingerprint density at radius 3 is 2.86 bits per heavy atom. The number of hydrogen-bond donors (Lipinski definition) is 1. The summed E-state index contributed by atoms with van der Waals surface area (Å²) in [6.07, 6.45) is 2.34. The number of rotatable bonds is 4. The third-order valence-electron chi connectivity index (χ3n) is 3.67. The third-order valence-corrected chi connectivity index (χ3v) is 4.04. The van der Waals surface area contributed by atoms with Crippen molar-refractivity contribution in [2.24, 2.45) is 0 Å². The first-order valence-corrected chi connectivity index (χ1v) is 7.14. The Kier molecular flexibility index (Phi) is 3.95. The van der Waals surface area contributed by atoms with Crippen LogP contribution in [-0.4, -0.2) is 7.05 Å². The predicted molar refractivity (Wildman–Crippen MR) is 83.1 cm³/mol. The van der Waals surface area contributed by atoms with Crippen LogP contribution in [0.2, 0.25) is 5.02 Å². The molecule has 0 bridgehead atoms. The molecule has 21 heavy (non-hydrogen) atoms. The summed E-state index contributed by atoms with van der Waals surface area (Å²) in [6, 6.07) is 12.3. The Hall–Kier alpha value is -1.84. The molecule has 0 aliphatic carbocycles. The first-order valence-electron chi connectivity index (χ1n) is 6.76. The highest BCUT2D eigenvalue weighted by molar-refractivity contribution is 6.31. The van der Waals surface area contributed by atoms with E-state index in [0.717, 1.165) is 22.1 Å². The van der Waals surface area contributed by atoms with Crippen LogP contribution in [0.1, 0.15) is 17.2 Å². The fraction of sp³-hybridized carbons (Fsp3) is 0.176. The molecule has 1 aromatic heterocycles. The van der Waals surface area contributed by atoms with Gasteiger partial charge in [0, 0.05) is 22.0 Å². The molecule has 1 atom stereocenters. The minimum atomic E-state index is -0.277. The molecule has 0 saturated heterocycles. The summed E-state index contributed by atoms with van der Waals surface area (Å²) in [5.41, 5.74) is 2.67. The van der Waals surface area contributed by atoms with E-state index in [2.05, 4.69) is 5.32 Å². The van der Waals surface area contributed by atoms with Crippen LogP contribution in [0.25, 0.3) is 11.0 Å². The third kappa shape index (κ3) is 2.80. The van der Waals surface area contributed by atoms with Crippen LogP contribution in [-0.2, 0) is 6.42 Å². The summed E-state index contributed by atoms with van der Waals surface area (Å²) in [5, 5.41) is 4.88. The molecular weight excluding hydrogens is 289 g/mol. The van der Waals surface area contributed by atoms with Gasteiger partial charge < -0.3 is 9.73 Å². The first-order chi connectivity index (χ1) is 10.2.